The summed E-state index contributed by atoms with van der Waals surface area (Å²) in [5, 5.41) is 9.48. The van der Waals surface area contributed by atoms with Crippen molar-refractivity contribution in [2.75, 3.05) is 18.1 Å². The van der Waals surface area contributed by atoms with E-state index in [1.54, 1.807) is 12.1 Å². The highest BCUT2D eigenvalue weighted by molar-refractivity contribution is 5.92. The number of aliphatic hydroxyl groups is 1. The number of anilines is 1. The number of aldehydes is 1. The van der Waals surface area contributed by atoms with Gasteiger partial charge in [0.2, 0.25) is 0 Å². The molecule has 0 spiro atoms. The molecule has 2 aromatic carbocycles. The van der Waals surface area contributed by atoms with Crippen LogP contribution in [0.1, 0.15) is 38.8 Å². The van der Waals surface area contributed by atoms with Crippen molar-refractivity contribution in [1.82, 2.24) is 4.98 Å². The van der Waals surface area contributed by atoms with Crippen LogP contribution in [-0.4, -0.2) is 35.4 Å². The first-order valence-corrected chi connectivity index (χ1v) is 10.6. The maximum atomic E-state index is 12.9. The van der Waals surface area contributed by atoms with Crippen LogP contribution in [0.4, 0.5) is 18.9 Å². The Labute approximate surface area is 193 Å². The smallest absolute Gasteiger partial charge is 0.395 e. The van der Waals surface area contributed by atoms with Crippen molar-refractivity contribution in [3.05, 3.63) is 82.7 Å². The lowest BCUT2D eigenvalue weighted by Gasteiger charge is -2.32. The number of halogens is 3. The highest BCUT2D eigenvalue weighted by atomic mass is 19.4. The summed E-state index contributed by atoms with van der Waals surface area (Å²) < 4.78 is 38.8. The molecule has 0 radical (unpaired) electrons. The van der Waals surface area contributed by atoms with E-state index < -0.39 is 30.2 Å². The molecule has 4 rings (SSSR count). The van der Waals surface area contributed by atoms with Crippen LogP contribution < -0.4 is 10.6 Å². The summed E-state index contributed by atoms with van der Waals surface area (Å²) in [5.41, 5.74) is 9.25. The predicted octanol–water partition coefficient (Wildman–Crippen LogP) is 3.70. The van der Waals surface area contributed by atoms with E-state index in [0.29, 0.717) is 37.0 Å². The van der Waals surface area contributed by atoms with E-state index in [2.05, 4.69) is 4.98 Å². The average molecular weight is 469 g/mol. The monoisotopic (exact) mass is 469 g/mol. The maximum absolute atomic E-state index is 12.9. The van der Waals surface area contributed by atoms with Crippen LogP contribution in [0.25, 0.3) is 11.1 Å². The van der Waals surface area contributed by atoms with Gasteiger partial charge in [-0.15, -0.1) is 0 Å². The predicted molar refractivity (Wildman–Crippen MR) is 120 cm³/mol. The SMILES string of the molecule is NC(=O)c1cc(N2CCc3c(cccc3-c3ccc(C(F)(F)F)cc3)C2)cc(C(C=O)CO)n1. The number of fused-ring (bicyclic) bond motifs is 1. The van der Waals surface area contributed by atoms with Crippen molar-refractivity contribution in [2.24, 2.45) is 5.73 Å². The van der Waals surface area contributed by atoms with Crippen molar-refractivity contribution < 1.29 is 27.9 Å². The largest absolute Gasteiger partial charge is 0.416 e. The van der Waals surface area contributed by atoms with Crippen molar-refractivity contribution >= 4 is 17.9 Å². The molecule has 1 amide bonds. The lowest BCUT2D eigenvalue weighted by atomic mass is 9.90. The lowest BCUT2D eigenvalue weighted by Crippen LogP contribution is -2.31. The highest BCUT2D eigenvalue weighted by Gasteiger charge is 2.30. The zero-order valence-electron chi connectivity index (χ0n) is 18.0. The van der Waals surface area contributed by atoms with Gasteiger partial charge in [0.1, 0.15) is 12.0 Å². The highest BCUT2D eigenvalue weighted by Crippen LogP contribution is 2.35. The Balaban J connectivity index is 1.66. The van der Waals surface area contributed by atoms with Crippen LogP contribution >= 0.6 is 0 Å². The first-order valence-electron chi connectivity index (χ1n) is 10.6. The lowest BCUT2D eigenvalue weighted by molar-refractivity contribution is -0.137. The number of benzene rings is 2. The molecule has 1 aliphatic rings. The minimum atomic E-state index is -4.39. The summed E-state index contributed by atoms with van der Waals surface area (Å²) in [6.45, 7) is 0.602. The summed E-state index contributed by atoms with van der Waals surface area (Å²) in [4.78, 5) is 29.2. The Hall–Kier alpha value is -3.72. The number of rotatable bonds is 6. The van der Waals surface area contributed by atoms with Crippen LogP contribution in [0.2, 0.25) is 0 Å². The van der Waals surface area contributed by atoms with E-state index in [4.69, 9.17) is 5.73 Å². The molecule has 0 fully saturated rings. The van der Waals surface area contributed by atoms with Crippen LogP contribution in [0.3, 0.4) is 0 Å². The van der Waals surface area contributed by atoms with Crippen molar-refractivity contribution in [3.8, 4) is 11.1 Å². The van der Waals surface area contributed by atoms with Gasteiger partial charge in [-0.05, 0) is 52.9 Å². The molecular formula is C25H22F3N3O3. The second kappa shape index (κ2) is 9.26. The Morgan fingerprint density at radius 2 is 1.91 bits per heavy atom. The van der Waals surface area contributed by atoms with Gasteiger partial charge in [0.05, 0.1) is 23.8 Å². The quantitative estimate of drug-likeness (QED) is 0.537. The van der Waals surface area contributed by atoms with E-state index in [0.717, 1.165) is 28.8 Å². The first kappa shape index (κ1) is 23.4. The molecule has 9 heteroatoms. The molecule has 2 heterocycles. The molecule has 1 unspecified atom stereocenters. The number of nitrogens with zero attached hydrogens (tertiary/aromatic N) is 2. The minimum Gasteiger partial charge on any atom is -0.395 e. The molecule has 3 aromatic rings. The number of aromatic nitrogens is 1. The Bertz CT molecular complexity index is 1230. The number of pyridine rings is 1. The third kappa shape index (κ3) is 4.65. The standard InChI is InChI=1S/C25H22F3N3O3/c26-25(27,28)18-6-4-15(5-7-18)20-3-1-2-16-12-31(9-8-21(16)20)19-10-22(17(13-32)14-33)30-23(11-19)24(29)34/h1-7,10-11,13,17,33H,8-9,12,14H2,(H2,29,34). The van der Waals surface area contributed by atoms with Gasteiger partial charge in [-0.3, -0.25) is 4.79 Å². The third-order valence-electron chi connectivity index (χ3n) is 5.98. The van der Waals surface area contributed by atoms with Crippen molar-refractivity contribution in [1.29, 1.82) is 0 Å². The van der Waals surface area contributed by atoms with E-state index in [-0.39, 0.29) is 11.4 Å². The second-order valence-electron chi connectivity index (χ2n) is 8.11. The van der Waals surface area contributed by atoms with Crippen molar-refractivity contribution in [2.45, 2.75) is 25.1 Å². The van der Waals surface area contributed by atoms with Crippen LogP contribution in [0.15, 0.2) is 54.6 Å². The molecule has 1 aromatic heterocycles. The summed E-state index contributed by atoms with van der Waals surface area (Å²) in [5.74, 6) is -1.62. The molecule has 176 valence electrons. The number of amides is 1. The molecule has 6 nitrogen and oxygen atoms in total. The van der Waals surface area contributed by atoms with Crippen LogP contribution in [0.5, 0.6) is 0 Å². The molecule has 34 heavy (non-hydrogen) atoms. The van der Waals surface area contributed by atoms with E-state index in [1.165, 1.54) is 12.1 Å². The fourth-order valence-corrected chi connectivity index (χ4v) is 4.18. The summed E-state index contributed by atoms with van der Waals surface area (Å²) in [6, 6.07) is 14.0. The van der Waals surface area contributed by atoms with Gasteiger partial charge in [-0.1, -0.05) is 30.3 Å². The van der Waals surface area contributed by atoms with Crippen LogP contribution in [-0.2, 0) is 23.9 Å². The molecule has 0 bridgehead atoms. The number of carbonyl (C=O) groups excluding carboxylic acids is 2. The zero-order valence-corrected chi connectivity index (χ0v) is 18.0. The van der Waals surface area contributed by atoms with Gasteiger partial charge in [-0.2, -0.15) is 13.2 Å². The molecule has 3 N–H and O–H groups in total. The first-order chi connectivity index (χ1) is 16.2. The molecule has 0 saturated carbocycles. The molecular weight excluding hydrogens is 447 g/mol. The fourth-order valence-electron chi connectivity index (χ4n) is 4.18. The normalized spacial score (nSPS) is 14.4. The fraction of sp³-hybridized carbons (Fsp3) is 0.240. The zero-order chi connectivity index (χ0) is 24.5. The third-order valence-corrected chi connectivity index (χ3v) is 5.98. The number of nitrogens with two attached hydrogens (primary N) is 1. The number of hydrogen-bond acceptors (Lipinski definition) is 5. The van der Waals surface area contributed by atoms with Gasteiger partial charge in [-0.25, -0.2) is 4.98 Å². The Morgan fingerprint density at radius 3 is 2.53 bits per heavy atom. The van der Waals surface area contributed by atoms with Gasteiger partial charge in [0.25, 0.3) is 5.91 Å². The van der Waals surface area contributed by atoms with Crippen LogP contribution in [0, 0.1) is 0 Å². The molecule has 1 atom stereocenters. The average Bonchev–Trinajstić information content (AvgIpc) is 2.83. The summed E-state index contributed by atoms with van der Waals surface area (Å²) in [7, 11) is 0. The van der Waals surface area contributed by atoms with Crippen molar-refractivity contribution in [3.63, 3.8) is 0 Å². The molecule has 0 aliphatic carbocycles. The van der Waals surface area contributed by atoms with Gasteiger partial charge < -0.3 is 20.5 Å². The number of primary amides is 1. The maximum Gasteiger partial charge on any atom is 0.416 e. The number of carbonyl (C=O) groups is 2. The minimum absolute atomic E-state index is 0.00268. The summed E-state index contributed by atoms with van der Waals surface area (Å²) in [6.07, 6.45) is -3.20. The van der Waals surface area contributed by atoms with E-state index in [1.807, 2.05) is 23.1 Å². The second-order valence-corrected chi connectivity index (χ2v) is 8.11. The molecule has 0 saturated heterocycles. The topological polar surface area (TPSA) is 96.5 Å². The number of hydrogen-bond donors (Lipinski definition) is 2. The van der Waals surface area contributed by atoms with Gasteiger partial charge in [0.15, 0.2) is 0 Å². The van der Waals surface area contributed by atoms with E-state index in [9.17, 15) is 27.9 Å². The summed E-state index contributed by atoms with van der Waals surface area (Å²) >= 11 is 0. The Morgan fingerprint density at radius 1 is 1.18 bits per heavy atom. The van der Waals surface area contributed by atoms with E-state index >= 15 is 0 Å². The van der Waals surface area contributed by atoms with Gasteiger partial charge >= 0.3 is 6.18 Å². The number of alkyl halides is 3. The number of aliphatic hydroxyl groups excluding tert-OH is 1. The Kier molecular flexibility index (Phi) is 6.39. The molecule has 1 aliphatic heterocycles. The van der Waals surface area contributed by atoms with Gasteiger partial charge in [0, 0.05) is 18.8 Å².